The fraction of sp³-hybridized carbons (Fsp3) is 0.381. The molecule has 0 bridgehead atoms. The smallest absolute Gasteiger partial charge is 0.303 e. The van der Waals surface area contributed by atoms with Crippen LogP contribution in [-0.2, 0) is 24.1 Å². The monoisotopic (exact) mass is 1400 g/mol. The number of carbonyl (C=O) groups is 1. The molecule has 17 heteroatoms. The molecule has 0 atom stereocenters. The van der Waals surface area contributed by atoms with Crippen LogP contribution in [0.15, 0.2) is 156 Å². The largest absolute Gasteiger partial charge is 0.481 e. The van der Waals surface area contributed by atoms with Gasteiger partial charge in [0.15, 0.2) is 0 Å². The average Bonchev–Trinajstić information content (AvgIpc) is 3.51. The first-order valence-electron chi connectivity index (χ1n) is 27.2. The van der Waals surface area contributed by atoms with Gasteiger partial charge in [0.1, 0.15) is 9.21 Å². The van der Waals surface area contributed by atoms with Gasteiger partial charge >= 0.3 is 130 Å². The molecule has 7 aromatic heterocycles. The maximum absolute atomic E-state index is 10.5. The molecule has 7 aromatic rings. The number of nitriles is 3. The number of halogens is 4. The van der Waals surface area contributed by atoms with Crippen molar-refractivity contribution in [2.45, 2.75) is 144 Å². The molecule has 80 heavy (non-hydrogen) atoms. The summed E-state index contributed by atoms with van der Waals surface area (Å²) in [7, 11) is 0. The number of nitrogens with zero attached hydrogens (tertiary/aromatic N) is 10. The summed E-state index contributed by atoms with van der Waals surface area (Å²) in [5.74, 6) is -0.756. The van der Waals surface area contributed by atoms with Gasteiger partial charge in [-0.2, -0.15) is 15.8 Å². The summed E-state index contributed by atoms with van der Waals surface area (Å²) in [6.45, 7) is 9.02. The van der Waals surface area contributed by atoms with Crippen LogP contribution < -0.4 is 3.71 Å². The fourth-order valence-corrected chi connectivity index (χ4v) is 24.4. The number of hydrogen-bond donors (Lipinski definition) is 1. The second-order valence-electron chi connectivity index (χ2n) is 18.3. The number of aryl methyl sites for hydroxylation is 4. The van der Waals surface area contributed by atoms with Gasteiger partial charge in [0.25, 0.3) is 0 Å². The van der Waals surface area contributed by atoms with Crippen molar-refractivity contribution < 1.29 is 9.90 Å². The summed E-state index contributed by atoms with van der Waals surface area (Å²) in [5.41, 5.74) is 8.18. The Morgan fingerprint density at radius 2 is 0.912 bits per heavy atom. The van der Waals surface area contributed by atoms with Gasteiger partial charge < -0.3 is 5.11 Å². The average molecular weight is 1400 g/mol. The van der Waals surface area contributed by atoms with Crippen molar-refractivity contribution in [3.8, 4) is 41.0 Å². The van der Waals surface area contributed by atoms with Crippen LogP contribution in [0.4, 0.5) is 0 Å². The SMILES string of the molecule is CCC[CH2][Sn]([CH2]CCC)([CH2]CCC)[c]1ccccn1.Cc1ccnc(Br)c1.Cl.N#CCCBr.N#CCCCc1ccnc(-c2ccccn2)c1.N#CCCCc1ccnc(Br)c1.O=C(O)CCCc1ccnc(-c2ccccn2)c1. The molecule has 0 radical (unpaired) electrons. The predicted octanol–water partition coefficient (Wildman–Crippen LogP) is 17.2. The molecule has 0 aliphatic rings. The molecule has 0 aromatic carbocycles. The van der Waals surface area contributed by atoms with Gasteiger partial charge in [0, 0.05) is 68.2 Å². The Labute approximate surface area is 512 Å². The molecule has 0 amide bonds. The molecule has 0 saturated heterocycles. The van der Waals surface area contributed by atoms with E-state index in [-0.39, 0.29) is 18.8 Å². The van der Waals surface area contributed by atoms with Gasteiger partial charge in [-0.1, -0.05) is 28.1 Å². The third-order valence-corrected chi connectivity index (χ3v) is 28.4. The van der Waals surface area contributed by atoms with Crippen molar-refractivity contribution in [3.05, 3.63) is 178 Å². The van der Waals surface area contributed by atoms with Crippen molar-refractivity contribution in [3.63, 3.8) is 0 Å². The van der Waals surface area contributed by atoms with E-state index in [2.05, 4.69) is 129 Å². The van der Waals surface area contributed by atoms with Crippen molar-refractivity contribution in [1.82, 2.24) is 34.9 Å². The van der Waals surface area contributed by atoms with Gasteiger partial charge in [-0.25, -0.2) is 9.97 Å². The molecule has 0 aliphatic heterocycles. The molecule has 1 N–H and O–H groups in total. The normalized spacial score (nSPS) is 9.90. The van der Waals surface area contributed by atoms with E-state index in [4.69, 9.17) is 25.9 Å². The standard InChI is InChI=1S/C14H13N3.C14H14N2O2.C9H9BrN2.C6H6BrN.C5H4N.3C4H9.C3H4BrN.ClH.Sn/c15-8-3-1-5-12-7-10-17-14(11-12)13-6-2-4-9-16-13;17-14(18)6-3-4-11-7-9-16-13(10-11)12-5-1-2-8-15-12;10-9-7-8(4-6-12-9)3-1-2-5-11;1-5-2-3-8-6(7)4-5;1-2-4-6-5-3-1;3*1-3-4-2;4-2-1-3-5;;/h2,4,6-7,9-11H,1,3,5H2;1-2,5,7-10H,3-4,6H2,(H,17,18);4,6-7H,1-3H2;2-4H,1H3;1-4H;3*1,3-4H2,2H3;1-2H2;1H;. The van der Waals surface area contributed by atoms with E-state index in [9.17, 15) is 4.79 Å². The number of carboxylic acids is 1. The van der Waals surface area contributed by atoms with Crippen LogP contribution in [0.3, 0.4) is 0 Å². The number of rotatable bonds is 23. The number of alkyl halides is 1. The van der Waals surface area contributed by atoms with Crippen LogP contribution in [0, 0.1) is 40.9 Å². The van der Waals surface area contributed by atoms with Crippen LogP contribution in [0.2, 0.25) is 13.3 Å². The van der Waals surface area contributed by atoms with E-state index in [1.807, 2.05) is 104 Å². The van der Waals surface area contributed by atoms with Gasteiger partial charge in [0.2, 0.25) is 0 Å². The Kier molecular flexibility index (Phi) is 42.8. The Hall–Kier alpha value is -5.48. The molecule has 0 spiro atoms. The fourth-order valence-electron chi connectivity index (χ4n) is 7.88. The van der Waals surface area contributed by atoms with E-state index in [0.29, 0.717) is 25.7 Å². The minimum absolute atomic E-state index is 0. The van der Waals surface area contributed by atoms with Crippen molar-refractivity contribution in [2.75, 3.05) is 5.33 Å². The van der Waals surface area contributed by atoms with Crippen molar-refractivity contribution in [2.24, 2.45) is 0 Å². The second kappa shape index (κ2) is 47.2. The molecule has 12 nitrogen and oxygen atoms in total. The molecular weight excluding hydrogens is 1320 g/mol. The van der Waals surface area contributed by atoms with E-state index in [0.717, 1.165) is 75.0 Å². The van der Waals surface area contributed by atoms with Crippen molar-refractivity contribution in [1.29, 1.82) is 15.8 Å². The van der Waals surface area contributed by atoms with E-state index in [1.165, 1.54) is 68.5 Å². The summed E-state index contributed by atoms with van der Waals surface area (Å²) in [6, 6.07) is 40.1. The Bertz CT molecular complexity index is 2800. The number of carboxylic acid groups (broad SMARTS) is 1. The third kappa shape index (κ3) is 33.3. The van der Waals surface area contributed by atoms with Crippen LogP contribution >= 0.6 is 60.2 Å². The van der Waals surface area contributed by atoms with Gasteiger partial charge in [0.05, 0.1) is 41.0 Å². The van der Waals surface area contributed by atoms with Gasteiger partial charge in [-0.15, -0.1) is 12.4 Å². The number of aliphatic carboxylic acids is 1. The first-order valence-corrected chi connectivity index (χ1v) is 37.4. The molecule has 7 heterocycles. The number of pyridine rings is 7. The zero-order valence-electron chi connectivity index (χ0n) is 46.9. The minimum Gasteiger partial charge on any atom is -0.481 e. The van der Waals surface area contributed by atoms with Crippen molar-refractivity contribution >= 4 is 88.3 Å². The summed E-state index contributed by atoms with van der Waals surface area (Å²) in [4.78, 5) is 40.3. The molecule has 0 saturated carbocycles. The summed E-state index contributed by atoms with van der Waals surface area (Å²) < 4.78 is 7.86. The van der Waals surface area contributed by atoms with Crippen LogP contribution in [0.1, 0.15) is 126 Å². The summed E-state index contributed by atoms with van der Waals surface area (Å²) in [5, 5.41) is 34.0. The molecule has 0 fully saturated rings. The zero-order chi connectivity index (χ0) is 57.6. The topological polar surface area (TPSA) is 199 Å². The molecular formula is C63H78Br3ClN10O2Sn. The quantitative estimate of drug-likeness (QED) is 0.0275. The molecule has 0 aliphatic carbocycles. The molecule has 0 unspecified atom stereocenters. The number of hydrogen-bond acceptors (Lipinski definition) is 11. The summed E-state index contributed by atoms with van der Waals surface area (Å²) >= 11 is 7.43. The van der Waals surface area contributed by atoms with Crippen LogP contribution in [0.5, 0.6) is 0 Å². The van der Waals surface area contributed by atoms with E-state index >= 15 is 0 Å². The predicted molar refractivity (Wildman–Crippen MR) is 341 cm³/mol. The van der Waals surface area contributed by atoms with E-state index < -0.39 is 24.3 Å². The zero-order valence-corrected chi connectivity index (χ0v) is 55.3. The number of aromatic nitrogens is 7. The summed E-state index contributed by atoms with van der Waals surface area (Å²) in [6.07, 6.45) is 27.9. The van der Waals surface area contributed by atoms with Crippen LogP contribution in [-0.4, -0.2) is 69.7 Å². The second-order valence-corrected chi connectivity index (χ2v) is 33.8. The Morgan fingerprint density at radius 1 is 0.500 bits per heavy atom. The minimum atomic E-state index is -2.21. The Balaban J connectivity index is 0.000000498. The van der Waals surface area contributed by atoms with Gasteiger partial charge in [-0.05, 0) is 172 Å². The van der Waals surface area contributed by atoms with E-state index in [1.54, 1.807) is 40.9 Å². The number of unbranched alkanes of at least 4 members (excludes halogenated alkanes) is 5. The molecule has 424 valence electrons. The first kappa shape index (κ1) is 72.5. The molecule has 7 rings (SSSR count). The maximum Gasteiger partial charge on any atom is 0.303 e. The first-order chi connectivity index (χ1) is 38.5. The maximum atomic E-state index is 10.5. The van der Waals surface area contributed by atoms with Gasteiger partial charge in [-0.3, -0.25) is 24.7 Å². The Morgan fingerprint density at radius 3 is 1.26 bits per heavy atom. The third-order valence-electron chi connectivity index (χ3n) is 12.0. The van der Waals surface area contributed by atoms with Crippen LogP contribution in [0.25, 0.3) is 22.8 Å².